The highest BCUT2D eigenvalue weighted by Gasteiger charge is 2.16. The van der Waals surface area contributed by atoms with Crippen molar-refractivity contribution in [3.63, 3.8) is 0 Å². The molecule has 0 aromatic heterocycles. The predicted molar refractivity (Wildman–Crippen MR) is 74.1 cm³/mol. The molecule has 0 heterocycles. The van der Waals surface area contributed by atoms with E-state index in [0.717, 1.165) is 12.8 Å². The Morgan fingerprint density at radius 2 is 1.56 bits per heavy atom. The average Bonchev–Trinajstić information content (AvgIpc) is 2.40. The third kappa shape index (κ3) is 3.35. The highest BCUT2D eigenvalue weighted by Crippen LogP contribution is 2.18. The van der Waals surface area contributed by atoms with Crippen LogP contribution in [0.4, 0.5) is 0 Å². The lowest BCUT2D eigenvalue weighted by Gasteiger charge is -2.22. The standard InChI is InChI=1S/C14H17NO2S/c16-13(15-12-4-2-1-3-5-12)10-6-8-11(9-7-10)14(17)18/h6-9,12H,1-5H2,(H,15,16)(H,17,18). The third-order valence-electron chi connectivity index (χ3n) is 3.33. The van der Waals surface area contributed by atoms with Crippen LogP contribution >= 0.6 is 12.6 Å². The molecule has 1 aromatic carbocycles. The number of thiol groups is 1. The van der Waals surface area contributed by atoms with Gasteiger partial charge in [0.15, 0.2) is 0 Å². The Morgan fingerprint density at radius 1 is 1.00 bits per heavy atom. The predicted octanol–water partition coefficient (Wildman–Crippen LogP) is 2.82. The van der Waals surface area contributed by atoms with Crippen LogP contribution in [0.25, 0.3) is 0 Å². The fraction of sp³-hybridized carbons (Fsp3) is 0.429. The first-order chi connectivity index (χ1) is 8.66. The van der Waals surface area contributed by atoms with Crippen LogP contribution in [0.15, 0.2) is 24.3 Å². The van der Waals surface area contributed by atoms with Gasteiger partial charge in [0.2, 0.25) is 5.12 Å². The van der Waals surface area contributed by atoms with Crippen molar-refractivity contribution in [3.8, 4) is 0 Å². The van der Waals surface area contributed by atoms with Crippen molar-refractivity contribution >= 4 is 23.7 Å². The molecule has 0 spiro atoms. The zero-order chi connectivity index (χ0) is 13.0. The number of carbonyl (C=O) groups is 2. The molecule has 0 aliphatic heterocycles. The number of amides is 1. The second kappa shape index (κ2) is 6.05. The Bertz CT molecular complexity index is 436. The van der Waals surface area contributed by atoms with Crippen molar-refractivity contribution in [2.24, 2.45) is 0 Å². The van der Waals surface area contributed by atoms with Gasteiger partial charge in [0.05, 0.1) is 0 Å². The second-order valence-corrected chi connectivity index (χ2v) is 5.10. The van der Waals surface area contributed by atoms with Crippen molar-refractivity contribution in [1.82, 2.24) is 5.32 Å². The molecule has 1 amide bonds. The number of benzene rings is 1. The molecule has 0 atom stereocenters. The van der Waals surface area contributed by atoms with E-state index in [4.69, 9.17) is 0 Å². The summed E-state index contributed by atoms with van der Waals surface area (Å²) in [4.78, 5) is 23.0. The van der Waals surface area contributed by atoms with Crippen LogP contribution in [-0.4, -0.2) is 17.1 Å². The van der Waals surface area contributed by atoms with Gasteiger partial charge in [0.1, 0.15) is 0 Å². The fourth-order valence-electron chi connectivity index (χ4n) is 2.28. The summed E-state index contributed by atoms with van der Waals surface area (Å²) in [6.45, 7) is 0. The number of rotatable bonds is 3. The van der Waals surface area contributed by atoms with Gasteiger partial charge >= 0.3 is 0 Å². The Hall–Kier alpha value is -1.29. The van der Waals surface area contributed by atoms with E-state index in [9.17, 15) is 9.59 Å². The molecule has 0 unspecified atom stereocenters. The Morgan fingerprint density at radius 3 is 2.11 bits per heavy atom. The van der Waals surface area contributed by atoms with E-state index in [2.05, 4.69) is 17.9 Å². The summed E-state index contributed by atoms with van der Waals surface area (Å²) in [7, 11) is 0. The van der Waals surface area contributed by atoms with Gasteiger partial charge < -0.3 is 5.32 Å². The Kier molecular flexibility index (Phi) is 4.42. The van der Waals surface area contributed by atoms with E-state index in [0.29, 0.717) is 17.2 Å². The summed E-state index contributed by atoms with van der Waals surface area (Å²) >= 11 is 3.74. The van der Waals surface area contributed by atoms with Crippen molar-refractivity contribution < 1.29 is 9.59 Å². The fourth-order valence-corrected chi connectivity index (χ4v) is 2.43. The lowest BCUT2D eigenvalue weighted by Crippen LogP contribution is -2.36. The highest BCUT2D eigenvalue weighted by molar-refractivity contribution is 7.97. The van der Waals surface area contributed by atoms with Crippen molar-refractivity contribution in [1.29, 1.82) is 0 Å². The topological polar surface area (TPSA) is 46.2 Å². The normalized spacial score (nSPS) is 16.3. The molecule has 1 N–H and O–H groups in total. The van der Waals surface area contributed by atoms with E-state index in [-0.39, 0.29) is 11.0 Å². The lowest BCUT2D eigenvalue weighted by molar-refractivity contribution is 0.0927. The molecule has 1 aliphatic rings. The van der Waals surface area contributed by atoms with Gasteiger partial charge in [-0.15, -0.1) is 12.6 Å². The molecule has 0 radical (unpaired) electrons. The molecule has 2 rings (SSSR count). The van der Waals surface area contributed by atoms with Gasteiger partial charge in [-0.05, 0) is 37.1 Å². The average molecular weight is 263 g/mol. The van der Waals surface area contributed by atoms with Gasteiger partial charge in [-0.25, -0.2) is 0 Å². The first-order valence-corrected chi connectivity index (χ1v) is 6.76. The van der Waals surface area contributed by atoms with Crippen LogP contribution in [0, 0.1) is 0 Å². The minimum absolute atomic E-state index is 0.0555. The second-order valence-electron chi connectivity index (χ2n) is 4.69. The van der Waals surface area contributed by atoms with Crippen molar-refractivity contribution in [2.45, 2.75) is 38.1 Å². The van der Waals surface area contributed by atoms with Crippen molar-refractivity contribution in [2.75, 3.05) is 0 Å². The highest BCUT2D eigenvalue weighted by atomic mass is 32.1. The monoisotopic (exact) mass is 263 g/mol. The molecule has 18 heavy (non-hydrogen) atoms. The maximum atomic E-state index is 12.0. The Labute approximate surface area is 112 Å². The zero-order valence-electron chi connectivity index (χ0n) is 10.2. The summed E-state index contributed by atoms with van der Waals surface area (Å²) in [5.41, 5.74) is 1.10. The maximum absolute atomic E-state index is 12.0. The minimum Gasteiger partial charge on any atom is -0.349 e. The largest absolute Gasteiger partial charge is 0.349 e. The van der Waals surface area contributed by atoms with E-state index >= 15 is 0 Å². The number of carbonyl (C=O) groups excluding carboxylic acids is 2. The summed E-state index contributed by atoms with van der Waals surface area (Å²) in [5, 5.41) is 2.76. The zero-order valence-corrected chi connectivity index (χ0v) is 11.1. The van der Waals surface area contributed by atoms with Gasteiger partial charge in [-0.1, -0.05) is 19.3 Å². The molecule has 96 valence electrons. The molecule has 1 saturated carbocycles. The van der Waals surface area contributed by atoms with E-state index < -0.39 is 0 Å². The molecule has 0 bridgehead atoms. The van der Waals surface area contributed by atoms with Gasteiger partial charge in [-0.2, -0.15) is 0 Å². The molecular formula is C14H17NO2S. The molecule has 4 heteroatoms. The van der Waals surface area contributed by atoms with E-state index in [1.807, 2.05) is 0 Å². The number of nitrogens with one attached hydrogen (secondary N) is 1. The molecule has 1 aromatic rings. The Balaban J connectivity index is 1.97. The molecular weight excluding hydrogens is 246 g/mol. The van der Waals surface area contributed by atoms with Crippen LogP contribution in [-0.2, 0) is 0 Å². The van der Waals surface area contributed by atoms with Crippen LogP contribution in [0.3, 0.4) is 0 Å². The first-order valence-electron chi connectivity index (χ1n) is 6.31. The quantitative estimate of drug-likeness (QED) is 0.824. The van der Waals surface area contributed by atoms with Gasteiger partial charge in [0, 0.05) is 17.2 Å². The molecule has 1 fully saturated rings. The summed E-state index contributed by atoms with van der Waals surface area (Å²) in [6, 6.07) is 6.90. The lowest BCUT2D eigenvalue weighted by atomic mass is 9.95. The van der Waals surface area contributed by atoms with Gasteiger partial charge in [-0.3, -0.25) is 9.59 Å². The van der Waals surface area contributed by atoms with Gasteiger partial charge in [0.25, 0.3) is 5.91 Å². The van der Waals surface area contributed by atoms with Crippen LogP contribution in [0.1, 0.15) is 52.8 Å². The minimum atomic E-state index is -0.283. The molecule has 1 aliphatic carbocycles. The molecule has 3 nitrogen and oxygen atoms in total. The SMILES string of the molecule is O=C(S)c1ccc(C(=O)NC2CCCCC2)cc1. The molecule has 0 saturated heterocycles. The van der Waals surface area contributed by atoms with Crippen molar-refractivity contribution in [3.05, 3.63) is 35.4 Å². The summed E-state index contributed by atoms with van der Waals surface area (Å²) < 4.78 is 0. The third-order valence-corrected chi connectivity index (χ3v) is 3.59. The summed E-state index contributed by atoms with van der Waals surface area (Å²) in [5.74, 6) is -0.0555. The van der Waals surface area contributed by atoms with E-state index in [1.54, 1.807) is 24.3 Å². The van der Waals surface area contributed by atoms with Crippen LogP contribution in [0.5, 0.6) is 0 Å². The number of hydrogen-bond donors (Lipinski definition) is 2. The van der Waals surface area contributed by atoms with Crippen LogP contribution < -0.4 is 5.32 Å². The van der Waals surface area contributed by atoms with Crippen LogP contribution in [0.2, 0.25) is 0 Å². The smallest absolute Gasteiger partial charge is 0.251 e. The van der Waals surface area contributed by atoms with E-state index in [1.165, 1.54) is 19.3 Å². The maximum Gasteiger partial charge on any atom is 0.251 e. The summed E-state index contributed by atoms with van der Waals surface area (Å²) in [6.07, 6.45) is 5.79. The first kappa shape index (κ1) is 13.1. The number of hydrogen-bond acceptors (Lipinski definition) is 2.